The summed E-state index contributed by atoms with van der Waals surface area (Å²) in [5.41, 5.74) is -0.627. The molecule has 5 heteroatoms. The maximum atomic E-state index is 12.1. The number of carbonyl (C=O) groups excluding carboxylic acids is 2. The maximum Gasteiger partial charge on any atom is 0.322 e. The number of fused-ring (bicyclic) bond motifs is 2. The van der Waals surface area contributed by atoms with Gasteiger partial charge in [0.1, 0.15) is 5.54 Å². The number of nitrogens with zero attached hydrogens (tertiary/aromatic N) is 1. The van der Waals surface area contributed by atoms with Crippen LogP contribution >= 0.6 is 0 Å². The van der Waals surface area contributed by atoms with Crippen molar-refractivity contribution in [3.8, 4) is 0 Å². The van der Waals surface area contributed by atoms with Crippen LogP contribution in [-0.4, -0.2) is 40.5 Å². The van der Waals surface area contributed by atoms with Crippen molar-refractivity contribution in [1.82, 2.24) is 15.5 Å². The standard InChI is InChI=1S/C13H21N3O2/c1-8(2)16-9-4-3-5-10(16)7-13(6-9)11(17)14-12(18)15-13/h8-10H,3-7H2,1-2H3,(H2,14,15,17,18)/t9-,10-/m1/s1. The molecule has 0 radical (unpaired) electrons. The zero-order chi connectivity index (χ0) is 12.9. The maximum absolute atomic E-state index is 12.1. The number of carbonyl (C=O) groups is 2. The summed E-state index contributed by atoms with van der Waals surface area (Å²) in [6.45, 7) is 4.44. The smallest absolute Gasteiger partial charge is 0.322 e. The minimum Gasteiger partial charge on any atom is -0.323 e. The predicted molar refractivity (Wildman–Crippen MR) is 67.0 cm³/mol. The van der Waals surface area contributed by atoms with Crippen LogP contribution in [0.1, 0.15) is 46.0 Å². The Balaban J connectivity index is 1.88. The Labute approximate surface area is 107 Å². The molecule has 5 nitrogen and oxygen atoms in total. The van der Waals surface area contributed by atoms with E-state index in [1.807, 2.05) is 0 Å². The van der Waals surface area contributed by atoms with Crippen molar-refractivity contribution in [3.63, 3.8) is 0 Å². The van der Waals surface area contributed by atoms with E-state index in [4.69, 9.17) is 0 Å². The molecule has 100 valence electrons. The van der Waals surface area contributed by atoms with Crippen molar-refractivity contribution < 1.29 is 9.59 Å². The van der Waals surface area contributed by atoms with E-state index in [0.29, 0.717) is 18.1 Å². The first-order chi connectivity index (χ1) is 8.52. The number of piperidine rings is 2. The molecule has 0 aliphatic carbocycles. The molecular formula is C13H21N3O2. The van der Waals surface area contributed by atoms with Gasteiger partial charge in [0.2, 0.25) is 0 Å². The van der Waals surface area contributed by atoms with Crippen molar-refractivity contribution in [2.24, 2.45) is 0 Å². The molecular weight excluding hydrogens is 230 g/mol. The quantitative estimate of drug-likeness (QED) is 0.683. The molecule has 0 saturated carbocycles. The molecule has 2 bridgehead atoms. The van der Waals surface area contributed by atoms with Crippen LogP contribution in [0.2, 0.25) is 0 Å². The summed E-state index contributed by atoms with van der Waals surface area (Å²) in [4.78, 5) is 26.0. The van der Waals surface area contributed by atoms with E-state index in [-0.39, 0.29) is 11.9 Å². The van der Waals surface area contributed by atoms with Gasteiger partial charge in [-0.15, -0.1) is 0 Å². The van der Waals surface area contributed by atoms with E-state index in [1.165, 1.54) is 6.42 Å². The van der Waals surface area contributed by atoms with Gasteiger partial charge in [0, 0.05) is 18.1 Å². The van der Waals surface area contributed by atoms with Crippen molar-refractivity contribution in [1.29, 1.82) is 0 Å². The van der Waals surface area contributed by atoms with Gasteiger partial charge in [0.25, 0.3) is 5.91 Å². The summed E-state index contributed by atoms with van der Waals surface area (Å²) in [5, 5.41) is 5.28. The second-order valence-electron chi connectivity index (χ2n) is 6.18. The van der Waals surface area contributed by atoms with E-state index in [9.17, 15) is 9.59 Å². The Bertz CT molecular complexity index is 380. The third kappa shape index (κ3) is 1.64. The molecule has 2 atom stereocenters. The fourth-order valence-electron chi connectivity index (χ4n) is 4.15. The Hall–Kier alpha value is -1.10. The predicted octanol–water partition coefficient (Wildman–Crippen LogP) is 0.990. The highest BCUT2D eigenvalue weighted by molar-refractivity contribution is 6.07. The van der Waals surface area contributed by atoms with Gasteiger partial charge in [-0.3, -0.25) is 15.0 Å². The number of imide groups is 1. The van der Waals surface area contributed by atoms with Gasteiger partial charge in [-0.2, -0.15) is 0 Å². The van der Waals surface area contributed by atoms with Gasteiger partial charge in [0.15, 0.2) is 0 Å². The van der Waals surface area contributed by atoms with Crippen LogP contribution < -0.4 is 10.6 Å². The van der Waals surface area contributed by atoms with Crippen LogP contribution in [0.25, 0.3) is 0 Å². The van der Waals surface area contributed by atoms with E-state index in [2.05, 4.69) is 29.4 Å². The van der Waals surface area contributed by atoms with Crippen LogP contribution in [0, 0.1) is 0 Å². The Morgan fingerprint density at radius 2 is 1.83 bits per heavy atom. The molecule has 3 rings (SSSR count). The molecule has 3 fully saturated rings. The number of rotatable bonds is 1. The summed E-state index contributed by atoms with van der Waals surface area (Å²) >= 11 is 0. The van der Waals surface area contributed by atoms with Crippen molar-refractivity contribution in [2.75, 3.05) is 0 Å². The third-order valence-corrected chi connectivity index (χ3v) is 4.70. The number of amides is 3. The summed E-state index contributed by atoms with van der Waals surface area (Å²) in [5.74, 6) is -0.118. The highest BCUT2D eigenvalue weighted by Crippen LogP contribution is 2.41. The molecule has 3 aliphatic heterocycles. The van der Waals surface area contributed by atoms with Gasteiger partial charge in [0.05, 0.1) is 0 Å². The molecule has 1 spiro atoms. The van der Waals surface area contributed by atoms with Crippen molar-refractivity contribution >= 4 is 11.9 Å². The van der Waals surface area contributed by atoms with Crippen LogP contribution in [0.15, 0.2) is 0 Å². The summed E-state index contributed by atoms with van der Waals surface area (Å²) in [6, 6.07) is 1.05. The molecule has 0 unspecified atom stereocenters. The van der Waals surface area contributed by atoms with E-state index >= 15 is 0 Å². The Morgan fingerprint density at radius 3 is 2.28 bits per heavy atom. The molecule has 0 aromatic rings. The number of hydrogen-bond acceptors (Lipinski definition) is 3. The fraction of sp³-hybridized carbons (Fsp3) is 0.846. The SMILES string of the molecule is CC(C)N1[C@@H]2CCC[C@@H]1CC1(C2)NC(=O)NC1=O. The van der Waals surface area contributed by atoms with Crippen LogP contribution in [-0.2, 0) is 4.79 Å². The van der Waals surface area contributed by atoms with Crippen molar-refractivity contribution in [2.45, 2.75) is 69.6 Å². The lowest BCUT2D eigenvalue weighted by molar-refractivity contribution is -0.129. The Kier molecular flexibility index (Phi) is 2.62. The molecule has 3 saturated heterocycles. The lowest BCUT2D eigenvalue weighted by atomic mass is 9.73. The first-order valence-corrected chi connectivity index (χ1v) is 6.93. The molecule has 2 N–H and O–H groups in total. The Morgan fingerprint density at radius 1 is 1.22 bits per heavy atom. The number of hydrogen-bond donors (Lipinski definition) is 2. The monoisotopic (exact) mass is 251 g/mol. The normalized spacial score (nSPS) is 40.2. The fourth-order valence-corrected chi connectivity index (χ4v) is 4.15. The van der Waals surface area contributed by atoms with E-state index in [0.717, 1.165) is 25.7 Å². The molecule has 3 amide bonds. The molecule has 3 heterocycles. The molecule has 3 aliphatic rings. The first kappa shape index (κ1) is 12.0. The minimum absolute atomic E-state index is 0.118. The van der Waals surface area contributed by atoms with Gasteiger partial charge in [-0.1, -0.05) is 6.42 Å². The average molecular weight is 251 g/mol. The third-order valence-electron chi connectivity index (χ3n) is 4.70. The van der Waals surface area contributed by atoms with E-state index in [1.54, 1.807) is 0 Å². The van der Waals surface area contributed by atoms with Gasteiger partial charge >= 0.3 is 6.03 Å². The minimum atomic E-state index is -0.627. The van der Waals surface area contributed by atoms with Gasteiger partial charge in [-0.25, -0.2) is 4.79 Å². The van der Waals surface area contributed by atoms with Gasteiger partial charge in [-0.05, 0) is 39.5 Å². The van der Waals surface area contributed by atoms with Crippen LogP contribution in [0.4, 0.5) is 4.79 Å². The lowest BCUT2D eigenvalue weighted by Crippen LogP contribution is -2.65. The van der Waals surface area contributed by atoms with Crippen LogP contribution in [0.5, 0.6) is 0 Å². The topological polar surface area (TPSA) is 61.4 Å². The second-order valence-corrected chi connectivity index (χ2v) is 6.18. The van der Waals surface area contributed by atoms with Crippen LogP contribution in [0.3, 0.4) is 0 Å². The highest BCUT2D eigenvalue weighted by atomic mass is 16.2. The first-order valence-electron chi connectivity index (χ1n) is 6.93. The average Bonchev–Trinajstić information content (AvgIpc) is 2.51. The second kappa shape index (κ2) is 3.95. The number of nitrogens with one attached hydrogen (secondary N) is 2. The van der Waals surface area contributed by atoms with Gasteiger partial charge < -0.3 is 5.32 Å². The largest absolute Gasteiger partial charge is 0.323 e. The molecule has 0 aromatic carbocycles. The summed E-state index contributed by atoms with van der Waals surface area (Å²) in [7, 11) is 0. The zero-order valence-corrected chi connectivity index (χ0v) is 11.0. The summed E-state index contributed by atoms with van der Waals surface area (Å²) in [6.07, 6.45) is 5.04. The zero-order valence-electron chi connectivity index (χ0n) is 11.0. The highest BCUT2D eigenvalue weighted by Gasteiger charge is 2.54. The summed E-state index contributed by atoms with van der Waals surface area (Å²) < 4.78 is 0. The lowest BCUT2D eigenvalue weighted by Gasteiger charge is -2.53. The van der Waals surface area contributed by atoms with E-state index < -0.39 is 5.54 Å². The van der Waals surface area contributed by atoms with Crippen molar-refractivity contribution in [3.05, 3.63) is 0 Å². The molecule has 0 aromatic heterocycles. The molecule has 18 heavy (non-hydrogen) atoms. The number of urea groups is 1.